The summed E-state index contributed by atoms with van der Waals surface area (Å²) >= 11 is 6.87. The molecule has 0 saturated carbocycles. The molecule has 0 spiro atoms. The van der Waals surface area contributed by atoms with Crippen LogP contribution in [0, 0.1) is 0 Å². The summed E-state index contributed by atoms with van der Waals surface area (Å²) in [5.41, 5.74) is 8.04. The molecule has 0 aliphatic heterocycles. The molecule has 0 aliphatic carbocycles. The number of anilines is 1. The van der Waals surface area contributed by atoms with E-state index in [1.807, 2.05) is 24.3 Å². The number of methoxy groups -OCH3 is 1. The number of imidazole rings is 1. The van der Waals surface area contributed by atoms with E-state index < -0.39 is 0 Å². The molecule has 0 unspecified atom stereocenters. The number of fused-ring (bicyclic) bond motifs is 1. The third-order valence-corrected chi connectivity index (χ3v) is 4.14. The normalized spacial score (nSPS) is 10.8. The first-order chi connectivity index (χ1) is 10.1. The van der Waals surface area contributed by atoms with Gasteiger partial charge in [0.2, 0.25) is 0 Å². The van der Waals surface area contributed by atoms with E-state index in [1.54, 1.807) is 13.2 Å². The van der Waals surface area contributed by atoms with Crippen molar-refractivity contribution < 1.29 is 9.47 Å². The number of aromatic amines is 1. The molecule has 0 amide bonds. The van der Waals surface area contributed by atoms with Crippen molar-refractivity contribution in [2.75, 3.05) is 12.8 Å². The van der Waals surface area contributed by atoms with Gasteiger partial charge in [-0.2, -0.15) is 4.98 Å². The lowest BCUT2D eigenvalue weighted by molar-refractivity contribution is 0.407. The second-order valence-corrected chi connectivity index (χ2v) is 6.05. The molecule has 3 aromatic rings. The first-order valence-electron chi connectivity index (χ1n) is 6.03. The molecule has 2 aromatic carbocycles. The quantitative estimate of drug-likeness (QED) is 0.622. The number of nitrogens with two attached hydrogens (primary N) is 1. The highest BCUT2D eigenvalue weighted by Crippen LogP contribution is 2.37. The second kappa shape index (κ2) is 5.57. The van der Waals surface area contributed by atoms with Crippen molar-refractivity contribution in [3.8, 4) is 17.5 Å². The Hall–Kier alpha value is -1.73. The van der Waals surface area contributed by atoms with Crippen LogP contribution in [0.15, 0.2) is 39.3 Å². The van der Waals surface area contributed by atoms with Crippen LogP contribution in [0.2, 0.25) is 0 Å². The van der Waals surface area contributed by atoms with Crippen molar-refractivity contribution in [2.45, 2.75) is 0 Å². The van der Waals surface area contributed by atoms with Gasteiger partial charge in [-0.25, -0.2) is 0 Å². The van der Waals surface area contributed by atoms with Crippen molar-refractivity contribution in [2.24, 2.45) is 0 Å². The van der Waals surface area contributed by atoms with Crippen LogP contribution in [-0.4, -0.2) is 17.1 Å². The highest BCUT2D eigenvalue weighted by Gasteiger charge is 2.11. The lowest BCUT2D eigenvalue weighted by Crippen LogP contribution is -1.90. The summed E-state index contributed by atoms with van der Waals surface area (Å²) in [6, 6.07) is 9.48. The van der Waals surface area contributed by atoms with Crippen molar-refractivity contribution >= 4 is 48.6 Å². The van der Waals surface area contributed by atoms with E-state index in [9.17, 15) is 0 Å². The first-order valence-corrected chi connectivity index (χ1v) is 7.61. The summed E-state index contributed by atoms with van der Waals surface area (Å²) in [4.78, 5) is 7.44. The van der Waals surface area contributed by atoms with Crippen LogP contribution in [-0.2, 0) is 0 Å². The standard InChI is InChI=1S/C14H11Br2N3O2/c1-20-12-5-9(16)13(6-8(12)15)21-14-18-10-3-2-7(17)4-11(10)19-14/h2-6H,17H2,1H3,(H,18,19). The lowest BCUT2D eigenvalue weighted by atomic mass is 10.3. The number of aromatic nitrogens is 2. The largest absolute Gasteiger partial charge is 0.496 e. The van der Waals surface area contributed by atoms with E-state index in [0.29, 0.717) is 23.2 Å². The fourth-order valence-corrected chi connectivity index (χ4v) is 2.79. The van der Waals surface area contributed by atoms with E-state index >= 15 is 0 Å². The second-order valence-electron chi connectivity index (χ2n) is 4.34. The maximum Gasteiger partial charge on any atom is 0.300 e. The van der Waals surface area contributed by atoms with Gasteiger partial charge < -0.3 is 20.2 Å². The summed E-state index contributed by atoms with van der Waals surface area (Å²) in [6.07, 6.45) is 0. The Morgan fingerprint density at radius 3 is 2.57 bits per heavy atom. The fourth-order valence-electron chi connectivity index (χ4n) is 1.90. The Morgan fingerprint density at radius 1 is 1.10 bits per heavy atom. The van der Waals surface area contributed by atoms with Gasteiger partial charge in [0.1, 0.15) is 11.5 Å². The van der Waals surface area contributed by atoms with Gasteiger partial charge in [0, 0.05) is 11.8 Å². The minimum atomic E-state index is 0.397. The number of nitrogens with zero attached hydrogens (tertiary/aromatic N) is 1. The molecule has 1 heterocycles. The number of hydrogen-bond donors (Lipinski definition) is 2. The summed E-state index contributed by atoms with van der Waals surface area (Å²) in [6.45, 7) is 0. The molecule has 3 N–H and O–H groups in total. The third-order valence-electron chi connectivity index (χ3n) is 2.90. The van der Waals surface area contributed by atoms with Crippen molar-refractivity contribution in [1.29, 1.82) is 0 Å². The Balaban J connectivity index is 1.96. The summed E-state index contributed by atoms with van der Waals surface area (Å²) in [5, 5.41) is 0. The van der Waals surface area contributed by atoms with Gasteiger partial charge in [0.25, 0.3) is 6.01 Å². The van der Waals surface area contributed by atoms with E-state index in [-0.39, 0.29) is 0 Å². The molecule has 7 heteroatoms. The van der Waals surface area contributed by atoms with Gasteiger partial charge in [0.15, 0.2) is 0 Å². The Kier molecular flexibility index (Phi) is 3.77. The van der Waals surface area contributed by atoms with Crippen molar-refractivity contribution in [3.05, 3.63) is 39.3 Å². The molecular formula is C14H11Br2N3O2. The van der Waals surface area contributed by atoms with E-state index in [2.05, 4.69) is 41.8 Å². The average molecular weight is 413 g/mol. The van der Waals surface area contributed by atoms with Crippen molar-refractivity contribution in [1.82, 2.24) is 9.97 Å². The summed E-state index contributed by atoms with van der Waals surface area (Å²) in [5.74, 6) is 1.33. The maximum absolute atomic E-state index is 5.77. The van der Waals surface area contributed by atoms with Gasteiger partial charge in [0.05, 0.1) is 27.1 Å². The molecule has 0 atom stereocenters. The number of nitrogen functional groups attached to an aromatic ring is 1. The molecule has 3 rings (SSSR count). The molecule has 0 radical (unpaired) electrons. The summed E-state index contributed by atoms with van der Waals surface area (Å²) < 4.78 is 12.6. The molecule has 5 nitrogen and oxygen atoms in total. The van der Waals surface area contributed by atoms with Crippen molar-refractivity contribution in [3.63, 3.8) is 0 Å². The number of benzene rings is 2. The Morgan fingerprint density at radius 2 is 1.81 bits per heavy atom. The molecule has 21 heavy (non-hydrogen) atoms. The number of rotatable bonds is 3. The Labute approximate surface area is 137 Å². The number of hydrogen-bond acceptors (Lipinski definition) is 4. The monoisotopic (exact) mass is 411 g/mol. The van der Waals surface area contributed by atoms with Gasteiger partial charge in [-0.05, 0) is 56.1 Å². The Bertz CT molecular complexity index is 817. The zero-order chi connectivity index (χ0) is 15.0. The average Bonchev–Trinajstić information content (AvgIpc) is 2.83. The minimum absolute atomic E-state index is 0.397. The topological polar surface area (TPSA) is 73.2 Å². The van der Waals surface area contributed by atoms with Gasteiger partial charge >= 0.3 is 0 Å². The highest BCUT2D eigenvalue weighted by atomic mass is 79.9. The zero-order valence-corrected chi connectivity index (χ0v) is 14.2. The molecule has 0 saturated heterocycles. The number of halogens is 2. The van der Waals surface area contributed by atoms with Crippen LogP contribution in [0.5, 0.6) is 17.5 Å². The fraction of sp³-hybridized carbons (Fsp3) is 0.0714. The number of nitrogens with one attached hydrogen (secondary N) is 1. The van der Waals surface area contributed by atoms with E-state index in [1.165, 1.54) is 0 Å². The van der Waals surface area contributed by atoms with Gasteiger partial charge in [-0.1, -0.05) is 0 Å². The predicted octanol–water partition coefficient (Wildman–Crippen LogP) is 4.47. The minimum Gasteiger partial charge on any atom is -0.496 e. The van der Waals surface area contributed by atoms with Crippen LogP contribution in [0.4, 0.5) is 5.69 Å². The predicted molar refractivity (Wildman–Crippen MR) is 89.0 cm³/mol. The summed E-state index contributed by atoms with van der Waals surface area (Å²) in [7, 11) is 1.61. The number of H-pyrrole nitrogens is 1. The van der Waals surface area contributed by atoms with Crippen LogP contribution in [0.1, 0.15) is 0 Å². The SMILES string of the molecule is COc1cc(Br)c(Oc2nc3ccc(N)cc3[nH]2)cc1Br. The molecule has 0 fully saturated rings. The van der Waals surface area contributed by atoms with Crippen LogP contribution >= 0.6 is 31.9 Å². The molecule has 0 bridgehead atoms. The lowest BCUT2D eigenvalue weighted by Gasteiger charge is -2.08. The van der Waals surface area contributed by atoms with E-state index in [4.69, 9.17) is 15.2 Å². The maximum atomic E-state index is 5.77. The van der Waals surface area contributed by atoms with Gasteiger partial charge in [-0.15, -0.1) is 0 Å². The van der Waals surface area contributed by atoms with Gasteiger partial charge in [-0.3, -0.25) is 0 Å². The molecule has 0 aliphatic rings. The van der Waals surface area contributed by atoms with Crippen LogP contribution in [0.25, 0.3) is 11.0 Å². The molecular weight excluding hydrogens is 402 g/mol. The molecule has 108 valence electrons. The molecule has 1 aromatic heterocycles. The number of ether oxygens (including phenoxy) is 2. The first kappa shape index (κ1) is 14.2. The third kappa shape index (κ3) is 2.84. The highest BCUT2D eigenvalue weighted by molar-refractivity contribution is 9.11. The van der Waals surface area contributed by atoms with Crippen LogP contribution < -0.4 is 15.2 Å². The smallest absolute Gasteiger partial charge is 0.300 e. The zero-order valence-electron chi connectivity index (χ0n) is 11.0. The van der Waals surface area contributed by atoms with Crippen LogP contribution in [0.3, 0.4) is 0 Å². The van der Waals surface area contributed by atoms with E-state index in [0.717, 1.165) is 20.0 Å².